The van der Waals surface area contributed by atoms with E-state index in [1.54, 1.807) is 11.8 Å². The van der Waals surface area contributed by atoms with Crippen LogP contribution in [0.15, 0.2) is 0 Å². The zero-order chi connectivity index (χ0) is 14.8. The highest BCUT2D eigenvalue weighted by atomic mass is 32.1. The summed E-state index contributed by atoms with van der Waals surface area (Å²) in [6.07, 6.45) is -2.31. The molecule has 1 aromatic heterocycles. The second-order valence-corrected chi connectivity index (χ2v) is 5.30. The fourth-order valence-electron chi connectivity index (χ4n) is 2.09. The van der Waals surface area contributed by atoms with Gasteiger partial charge in [-0.05, 0) is 26.2 Å². The van der Waals surface area contributed by atoms with Crippen LogP contribution in [0.4, 0.5) is 18.3 Å². The van der Waals surface area contributed by atoms with Crippen molar-refractivity contribution in [2.75, 3.05) is 18.1 Å². The molecular weight excluding hydrogens is 295 g/mol. The number of hydrogen-bond donors (Lipinski definition) is 0. The summed E-state index contributed by atoms with van der Waals surface area (Å²) in [5.74, 6) is -0.420. The molecule has 0 bridgehead atoms. The molecule has 0 aliphatic carbocycles. The van der Waals surface area contributed by atoms with Crippen molar-refractivity contribution in [1.82, 2.24) is 10.2 Å². The first kappa shape index (κ1) is 15.0. The summed E-state index contributed by atoms with van der Waals surface area (Å²) in [6.45, 7) is 2.42. The Morgan fingerprint density at radius 3 is 2.80 bits per heavy atom. The van der Waals surface area contributed by atoms with Gasteiger partial charge in [0, 0.05) is 6.54 Å². The molecule has 20 heavy (non-hydrogen) atoms. The molecule has 0 radical (unpaired) electrons. The molecule has 0 aromatic carbocycles. The van der Waals surface area contributed by atoms with E-state index in [-0.39, 0.29) is 11.7 Å². The van der Waals surface area contributed by atoms with Crippen molar-refractivity contribution in [3.63, 3.8) is 0 Å². The molecule has 1 aliphatic heterocycles. The minimum Gasteiger partial charge on any atom is -0.464 e. The average Bonchev–Trinajstić information content (AvgIpc) is 2.88. The Morgan fingerprint density at radius 1 is 1.45 bits per heavy atom. The Kier molecular flexibility index (Phi) is 4.46. The van der Waals surface area contributed by atoms with Gasteiger partial charge in [-0.2, -0.15) is 13.2 Å². The third-order valence-corrected chi connectivity index (χ3v) is 3.97. The van der Waals surface area contributed by atoms with E-state index in [9.17, 15) is 18.0 Å². The largest absolute Gasteiger partial charge is 0.464 e. The Morgan fingerprint density at radius 2 is 2.20 bits per heavy atom. The molecular formula is C11H14F3N3O2S. The van der Waals surface area contributed by atoms with E-state index in [0.29, 0.717) is 24.3 Å². The maximum absolute atomic E-state index is 12.5. The third kappa shape index (κ3) is 3.20. The molecule has 1 aromatic rings. The molecule has 1 saturated heterocycles. The summed E-state index contributed by atoms with van der Waals surface area (Å²) in [7, 11) is 0. The molecule has 0 saturated carbocycles. The molecule has 0 N–H and O–H groups in total. The SMILES string of the molecule is CCOC(=O)C1CCCCN1c1nnc(C(F)(F)F)s1. The Hall–Kier alpha value is -1.38. The molecule has 0 spiro atoms. The lowest BCUT2D eigenvalue weighted by Crippen LogP contribution is -2.45. The van der Waals surface area contributed by atoms with Crippen LogP contribution in [0, 0.1) is 0 Å². The zero-order valence-electron chi connectivity index (χ0n) is 10.8. The Labute approximate surface area is 117 Å². The number of carbonyl (C=O) groups excluding carboxylic acids is 1. The van der Waals surface area contributed by atoms with Gasteiger partial charge in [0.1, 0.15) is 6.04 Å². The summed E-state index contributed by atoms with van der Waals surface area (Å²) in [6, 6.07) is -0.572. The van der Waals surface area contributed by atoms with Crippen molar-refractivity contribution in [2.45, 2.75) is 38.4 Å². The number of halogens is 3. The monoisotopic (exact) mass is 309 g/mol. The number of anilines is 1. The van der Waals surface area contributed by atoms with Gasteiger partial charge in [-0.25, -0.2) is 4.79 Å². The summed E-state index contributed by atoms with van der Waals surface area (Å²) >= 11 is 0.457. The molecule has 1 unspecified atom stereocenters. The van der Waals surface area contributed by atoms with Crippen LogP contribution >= 0.6 is 11.3 Å². The van der Waals surface area contributed by atoms with Gasteiger partial charge in [0.2, 0.25) is 10.1 Å². The van der Waals surface area contributed by atoms with E-state index in [0.717, 1.165) is 12.8 Å². The molecule has 5 nitrogen and oxygen atoms in total. The Bertz CT molecular complexity index is 478. The van der Waals surface area contributed by atoms with Gasteiger partial charge in [0.25, 0.3) is 0 Å². The average molecular weight is 309 g/mol. The third-order valence-electron chi connectivity index (χ3n) is 2.96. The highest BCUT2D eigenvalue weighted by molar-refractivity contribution is 7.15. The standard InChI is InChI=1S/C11H14F3N3O2S/c1-2-19-8(18)7-5-3-4-6-17(7)10-16-15-9(20-10)11(12,13)14/h7H,2-6H2,1H3. The second-order valence-electron chi connectivity index (χ2n) is 4.34. The fraction of sp³-hybridized carbons (Fsp3) is 0.727. The lowest BCUT2D eigenvalue weighted by molar-refractivity contribution is -0.145. The van der Waals surface area contributed by atoms with E-state index in [1.807, 2.05) is 0 Å². The second kappa shape index (κ2) is 5.94. The van der Waals surface area contributed by atoms with Crippen molar-refractivity contribution >= 4 is 22.4 Å². The van der Waals surface area contributed by atoms with Crippen LogP contribution in [-0.4, -0.2) is 35.4 Å². The number of hydrogen-bond acceptors (Lipinski definition) is 6. The molecule has 0 amide bonds. The molecule has 2 heterocycles. The van der Waals surface area contributed by atoms with Gasteiger partial charge in [0.05, 0.1) is 6.61 Å². The van der Waals surface area contributed by atoms with Crippen LogP contribution in [0.3, 0.4) is 0 Å². The molecule has 1 fully saturated rings. The zero-order valence-corrected chi connectivity index (χ0v) is 11.6. The van der Waals surface area contributed by atoms with Gasteiger partial charge < -0.3 is 9.64 Å². The van der Waals surface area contributed by atoms with Crippen molar-refractivity contribution in [2.24, 2.45) is 0 Å². The van der Waals surface area contributed by atoms with Crippen LogP contribution in [0.5, 0.6) is 0 Å². The van der Waals surface area contributed by atoms with E-state index < -0.39 is 23.2 Å². The number of rotatable bonds is 3. The van der Waals surface area contributed by atoms with Crippen molar-refractivity contribution < 1.29 is 22.7 Å². The summed E-state index contributed by atoms with van der Waals surface area (Å²) in [5.41, 5.74) is 0. The maximum Gasteiger partial charge on any atom is 0.445 e. The van der Waals surface area contributed by atoms with Gasteiger partial charge in [-0.3, -0.25) is 0 Å². The van der Waals surface area contributed by atoms with Gasteiger partial charge in [0.15, 0.2) is 0 Å². The molecule has 1 atom stereocenters. The Balaban J connectivity index is 2.19. The first-order chi connectivity index (χ1) is 9.43. The number of aromatic nitrogens is 2. The van der Waals surface area contributed by atoms with E-state index in [1.165, 1.54) is 0 Å². The number of ether oxygens (including phenoxy) is 1. The van der Waals surface area contributed by atoms with E-state index in [4.69, 9.17) is 4.74 Å². The van der Waals surface area contributed by atoms with Crippen LogP contribution < -0.4 is 4.90 Å². The number of nitrogens with zero attached hydrogens (tertiary/aromatic N) is 3. The lowest BCUT2D eigenvalue weighted by atomic mass is 10.0. The molecule has 2 rings (SSSR count). The lowest BCUT2D eigenvalue weighted by Gasteiger charge is -2.33. The topological polar surface area (TPSA) is 55.3 Å². The smallest absolute Gasteiger partial charge is 0.445 e. The van der Waals surface area contributed by atoms with Crippen molar-refractivity contribution in [3.05, 3.63) is 5.01 Å². The maximum atomic E-state index is 12.5. The first-order valence-electron chi connectivity index (χ1n) is 6.27. The molecule has 9 heteroatoms. The summed E-state index contributed by atoms with van der Waals surface area (Å²) in [4.78, 5) is 13.4. The van der Waals surface area contributed by atoms with Crippen LogP contribution in [-0.2, 0) is 15.7 Å². The van der Waals surface area contributed by atoms with Crippen LogP contribution in [0.1, 0.15) is 31.2 Å². The minimum absolute atomic E-state index is 0.120. The number of esters is 1. The molecule has 112 valence electrons. The molecule has 1 aliphatic rings. The summed E-state index contributed by atoms with van der Waals surface area (Å²) in [5, 5.41) is 5.84. The predicted octanol–water partition coefficient (Wildman–Crippen LogP) is 2.48. The van der Waals surface area contributed by atoms with Gasteiger partial charge >= 0.3 is 12.1 Å². The van der Waals surface area contributed by atoms with E-state index >= 15 is 0 Å². The van der Waals surface area contributed by atoms with Crippen LogP contribution in [0.25, 0.3) is 0 Å². The summed E-state index contributed by atoms with van der Waals surface area (Å²) < 4.78 is 42.6. The van der Waals surface area contributed by atoms with Crippen molar-refractivity contribution in [1.29, 1.82) is 0 Å². The number of piperidine rings is 1. The first-order valence-corrected chi connectivity index (χ1v) is 7.09. The number of carbonyl (C=O) groups is 1. The highest BCUT2D eigenvalue weighted by Crippen LogP contribution is 2.36. The fourth-order valence-corrected chi connectivity index (χ4v) is 2.88. The predicted molar refractivity (Wildman–Crippen MR) is 66.5 cm³/mol. The van der Waals surface area contributed by atoms with Gasteiger partial charge in [-0.15, -0.1) is 10.2 Å². The number of alkyl halides is 3. The van der Waals surface area contributed by atoms with Gasteiger partial charge in [-0.1, -0.05) is 11.3 Å². The van der Waals surface area contributed by atoms with E-state index in [2.05, 4.69) is 10.2 Å². The quantitative estimate of drug-likeness (QED) is 0.803. The normalized spacial score (nSPS) is 20.0. The highest BCUT2D eigenvalue weighted by Gasteiger charge is 2.38. The van der Waals surface area contributed by atoms with Crippen molar-refractivity contribution in [3.8, 4) is 0 Å². The van der Waals surface area contributed by atoms with Crippen LogP contribution in [0.2, 0.25) is 0 Å². The minimum atomic E-state index is -4.51.